The Labute approximate surface area is 101 Å². The van der Waals surface area contributed by atoms with Gasteiger partial charge in [0, 0.05) is 5.92 Å². The van der Waals surface area contributed by atoms with Crippen LogP contribution in [0.1, 0.15) is 37.7 Å². The van der Waals surface area contributed by atoms with Crippen molar-refractivity contribution in [1.82, 2.24) is 0 Å². The molecule has 3 heteroatoms. The van der Waals surface area contributed by atoms with E-state index in [4.69, 9.17) is 4.84 Å². The first-order chi connectivity index (χ1) is 8.34. The average molecular weight is 234 g/mol. The van der Waals surface area contributed by atoms with Gasteiger partial charge in [-0.3, -0.25) is 0 Å². The summed E-state index contributed by atoms with van der Waals surface area (Å²) in [6.07, 6.45) is 9.18. The third-order valence-corrected chi connectivity index (χ3v) is 3.03. The van der Waals surface area contributed by atoms with Crippen molar-refractivity contribution in [3.63, 3.8) is 0 Å². The number of hydrogen-bond donors (Lipinski definition) is 0. The molecule has 2 nitrogen and oxygen atoms in total. The van der Waals surface area contributed by atoms with E-state index >= 15 is 0 Å². The molecule has 0 atom stereocenters. The lowest BCUT2D eigenvalue weighted by Gasteiger charge is -2.15. The Hall–Kier alpha value is -1.38. The van der Waals surface area contributed by atoms with Crippen molar-refractivity contribution in [3.05, 3.63) is 35.6 Å². The molecule has 0 aliphatic heterocycles. The zero-order chi connectivity index (χ0) is 11.9. The predicted octanol–water partition coefficient (Wildman–Crippen LogP) is 3.79. The first kappa shape index (κ1) is 12.1. The molecule has 0 N–H and O–H groups in total. The number of nitrogens with zero attached hydrogens (tertiary/aromatic N) is 1. The standard InChI is InChI=1S/C14H17FNO/c15-14-8-4-7-13(9-14)11-17-16-10-12-5-2-1-3-6-12/h4,7-9,12H,1-3,5-6,11H2. The van der Waals surface area contributed by atoms with E-state index in [2.05, 4.69) is 11.4 Å². The van der Waals surface area contributed by atoms with Gasteiger partial charge in [-0.2, -0.15) is 0 Å². The van der Waals surface area contributed by atoms with E-state index in [-0.39, 0.29) is 5.82 Å². The van der Waals surface area contributed by atoms with Crippen LogP contribution in [0.5, 0.6) is 0 Å². The zero-order valence-electron chi connectivity index (χ0n) is 9.86. The molecule has 1 aliphatic rings. The first-order valence-electron chi connectivity index (χ1n) is 6.16. The van der Waals surface area contributed by atoms with E-state index in [1.807, 2.05) is 6.07 Å². The zero-order valence-corrected chi connectivity index (χ0v) is 9.86. The van der Waals surface area contributed by atoms with Gasteiger partial charge in [0.15, 0.2) is 0 Å². The van der Waals surface area contributed by atoms with Gasteiger partial charge in [0.2, 0.25) is 0 Å². The maximum Gasteiger partial charge on any atom is 0.142 e. The number of benzene rings is 1. The van der Waals surface area contributed by atoms with Gasteiger partial charge >= 0.3 is 0 Å². The molecule has 0 heterocycles. The van der Waals surface area contributed by atoms with Gasteiger partial charge in [0.05, 0.1) is 0 Å². The van der Waals surface area contributed by atoms with Crippen LogP contribution in [-0.2, 0) is 11.4 Å². The highest BCUT2D eigenvalue weighted by atomic mass is 19.1. The van der Waals surface area contributed by atoms with Gasteiger partial charge in [0.1, 0.15) is 18.6 Å². The van der Waals surface area contributed by atoms with Crippen LogP contribution in [0.25, 0.3) is 0 Å². The lowest BCUT2D eigenvalue weighted by molar-refractivity contribution is 0.130. The Balaban J connectivity index is 1.73. The van der Waals surface area contributed by atoms with E-state index in [1.165, 1.54) is 31.4 Å². The van der Waals surface area contributed by atoms with Crippen LogP contribution in [0, 0.1) is 11.7 Å². The van der Waals surface area contributed by atoms with Crippen LogP contribution in [-0.4, -0.2) is 6.21 Å². The van der Waals surface area contributed by atoms with Crippen molar-refractivity contribution >= 4 is 6.21 Å². The van der Waals surface area contributed by atoms with Crippen molar-refractivity contribution in [3.8, 4) is 0 Å². The number of rotatable bonds is 4. The highest BCUT2D eigenvalue weighted by molar-refractivity contribution is 5.59. The molecule has 1 radical (unpaired) electrons. The van der Waals surface area contributed by atoms with Gasteiger partial charge in [-0.05, 0) is 30.5 Å². The molecule has 0 aromatic heterocycles. The van der Waals surface area contributed by atoms with E-state index < -0.39 is 0 Å². The highest BCUT2D eigenvalue weighted by Gasteiger charge is 2.11. The van der Waals surface area contributed by atoms with Gasteiger partial charge < -0.3 is 4.84 Å². The molecule has 0 saturated heterocycles. The summed E-state index contributed by atoms with van der Waals surface area (Å²) in [6, 6.07) is 6.36. The van der Waals surface area contributed by atoms with Crippen molar-refractivity contribution in [2.75, 3.05) is 0 Å². The molecule has 0 amide bonds. The Bertz CT molecular complexity index is 372. The second-order valence-corrected chi connectivity index (χ2v) is 4.46. The molecule has 1 aliphatic carbocycles. The Morgan fingerprint density at radius 3 is 2.88 bits per heavy atom. The molecule has 0 spiro atoms. The van der Waals surface area contributed by atoms with E-state index in [1.54, 1.807) is 6.07 Å². The predicted molar refractivity (Wildman–Crippen MR) is 65.2 cm³/mol. The topological polar surface area (TPSA) is 21.6 Å². The van der Waals surface area contributed by atoms with Crippen LogP contribution < -0.4 is 0 Å². The molecule has 17 heavy (non-hydrogen) atoms. The maximum atomic E-state index is 12.9. The summed E-state index contributed by atoms with van der Waals surface area (Å²) in [5, 5.41) is 3.85. The number of halogens is 1. The van der Waals surface area contributed by atoms with Crippen molar-refractivity contribution < 1.29 is 9.23 Å². The first-order valence-corrected chi connectivity index (χ1v) is 6.16. The summed E-state index contributed by atoms with van der Waals surface area (Å²) >= 11 is 0. The molecular formula is C14H17FNO. The van der Waals surface area contributed by atoms with Crippen molar-refractivity contribution in [1.29, 1.82) is 0 Å². The minimum atomic E-state index is -0.244. The van der Waals surface area contributed by atoms with Crippen LogP contribution in [0.15, 0.2) is 29.4 Å². The van der Waals surface area contributed by atoms with Gasteiger partial charge in [-0.1, -0.05) is 36.6 Å². The lowest BCUT2D eigenvalue weighted by atomic mass is 9.90. The van der Waals surface area contributed by atoms with Crippen molar-refractivity contribution in [2.45, 2.75) is 38.7 Å². The summed E-state index contributed by atoms with van der Waals surface area (Å²) in [6.45, 7) is 0.303. The minimum absolute atomic E-state index is 0.244. The molecule has 1 aromatic carbocycles. The quantitative estimate of drug-likeness (QED) is 0.573. The van der Waals surface area contributed by atoms with Crippen molar-refractivity contribution in [2.24, 2.45) is 11.1 Å². The SMILES string of the molecule is Fc1cccc(CO/N=[C]\C2CCCCC2)c1. The van der Waals surface area contributed by atoms with Crippen LogP contribution >= 0.6 is 0 Å². The summed E-state index contributed by atoms with van der Waals surface area (Å²) in [7, 11) is 0. The lowest BCUT2D eigenvalue weighted by Crippen LogP contribution is -2.07. The van der Waals surface area contributed by atoms with Crippen LogP contribution in [0.3, 0.4) is 0 Å². The summed E-state index contributed by atoms with van der Waals surface area (Å²) < 4.78 is 12.9. The smallest absolute Gasteiger partial charge is 0.142 e. The molecule has 0 bridgehead atoms. The second kappa shape index (κ2) is 6.38. The molecule has 1 fully saturated rings. The Kier molecular flexibility index (Phi) is 4.54. The molecule has 91 valence electrons. The average Bonchev–Trinajstić information content (AvgIpc) is 2.36. The molecule has 0 unspecified atom stereocenters. The summed E-state index contributed by atoms with van der Waals surface area (Å²) in [4.78, 5) is 5.12. The monoisotopic (exact) mass is 234 g/mol. The summed E-state index contributed by atoms with van der Waals surface area (Å²) in [5.74, 6) is 0.197. The second-order valence-electron chi connectivity index (χ2n) is 4.46. The fraction of sp³-hybridized carbons (Fsp3) is 0.500. The fourth-order valence-corrected chi connectivity index (χ4v) is 2.08. The normalized spacial score (nSPS) is 17.5. The molecule has 2 rings (SSSR count). The van der Waals surface area contributed by atoms with Gasteiger partial charge in [-0.25, -0.2) is 4.39 Å². The Morgan fingerprint density at radius 1 is 1.29 bits per heavy atom. The van der Waals surface area contributed by atoms with E-state index in [0.29, 0.717) is 12.5 Å². The summed E-state index contributed by atoms with van der Waals surface area (Å²) in [5.41, 5.74) is 0.791. The highest BCUT2D eigenvalue weighted by Crippen LogP contribution is 2.21. The van der Waals surface area contributed by atoms with E-state index in [9.17, 15) is 4.39 Å². The van der Waals surface area contributed by atoms with Crippen LogP contribution in [0.2, 0.25) is 0 Å². The molecule has 1 saturated carbocycles. The molecular weight excluding hydrogens is 217 g/mol. The molecule has 1 aromatic rings. The Morgan fingerprint density at radius 2 is 2.12 bits per heavy atom. The third-order valence-electron chi connectivity index (χ3n) is 3.03. The minimum Gasteiger partial charge on any atom is -0.391 e. The fourth-order valence-electron chi connectivity index (χ4n) is 2.08. The van der Waals surface area contributed by atoms with E-state index in [0.717, 1.165) is 18.4 Å². The number of hydrogen-bond acceptors (Lipinski definition) is 2. The third kappa shape index (κ3) is 4.17. The maximum absolute atomic E-state index is 12.9. The van der Waals surface area contributed by atoms with Crippen LogP contribution in [0.4, 0.5) is 4.39 Å². The van der Waals surface area contributed by atoms with Gasteiger partial charge in [-0.15, -0.1) is 0 Å². The largest absolute Gasteiger partial charge is 0.391 e. The van der Waals surface area contributed by atoms with Gasteiger partial charge in [0.25, 0.3) is 0 Å².